The molecule has 2 N–H and O–H groups in total. The van der Waals surface area contributed by atoms with Crippen molar-refractivity contribution in [3.8, 4) is 0 Å². The zero-order valence-corrected chi connectivity index (χ0v) is 10.7. The van der Waals surface area contributed by atoms with Crippen LogP contribution >= 0.6 is 0 Å². The van der Waals surface area contributed by atoms with Gasteiger partial charge in [-0.15, -0.1) is 0 Å². The molecule has 1 aromatic heterocycles. The molecular weight excluding hydrogens is 275 g/mol. The number of aromatic nitrogens is 2. The second-order valence-electron chi connectivity index (χ2n) is 4.86. The van der Waals surface area contributed by atoms with Crippen LogP contribution in [0.5, 0.6) is 0 Å². The Balaban J connectivity index is 2.10. The topological polar surface area (TPSA) is 69.5 Å². The second kappa shape index (κ2) is 5.92. The van der Waals surface area contributed by atoms with E-state index in [1.54, 1.807) is 4.90 Å². The quantitative estimate of drug-likeness (QED) is 0.863. The molecular formula is C12H16F3N3O2. The molecule has 0 spiro atoms. The van der Waals surface area contributed by atoms with Crippen molar-refractivity contribution in [2.75, 3.05) is 31.2 Å². The predicted molar refractivity (Wildman–Crippen MR) is 65.0 cm³/mol. The lowest BCUT2D eigenvalue weighted by Crippen LogP contribution is -2.28. The molecule has 0 amide bonds. The molecule has 1 aliphatic heterocycles. The molecule has 20 heavy (non-hydrogen) atoms. The third-order valence-electron chi connectivity index (χ3n) is 3.58. The number of aliphatic hydroxyl groups excluding tert-OH is 2. The molecule has 1 aromatic rings. The fourth-order valence-electron chi connectivity index (χ4n) is 2.37. The van der Waals surface area contributed by atoms with Crippen LogP contribution in [-0.4, -0.2) is 46.5 Å². The van der Waals surface area contributed by atoms with E-state index < -0.39 is 11.9 Å². The SMILES string of the molecule is OCC(CO)[C@@H]1CCN(c2nccc(C(F)(F)F)n2)C1. The predicted octanol–water partition coefficient (Wildman–Crippen LogP) is 0.922. The molecule has 2 rings (SSSR count). The first-order valence-corrected chi connectivity index (χ1v) is 6.32. The van der Waals surface area contributed by atoms with E-state index in [1.165, 1.54) is 0 Å². The third-order valence-corrected chi connectivity index (χ3v) is 3.58. The summed E-state index contributed by atoms with van der Waals surface area (Å²) in [6.45, 7) is 0.673. The van der Waals surface area contributed by atoms with Crippen molar-refractivity contribution in [1.82, 2.24) is 9.97 Å². The summed E-state index contributed by atoms with van der Waals surface area (Å²) >= 11 is 0. The lowest BCUT2D eigenvalue weighted by atomic mass is 9.93. The number of rotatable bonds is 4. The monoisotopic (exact) mass is 291 g/mol. The lowest BCUT2D eigenvalue weighted by Gasteiger charge is -2.20. The maximum Gasteiger partial charge on any atom is 0.433 e. The number of alkyl halides is 3. The number of anilines is 1. The van der Waals surface area contributed by atoms with Crippen LogP contribution in [0.15, 0.2) is 12.3 Å². The van der Waals surface area contributed by atoms with Gasteiger partial charge in [-0.05, 0) is 18.4 Å². The summed E-state index contributed by atoms with van der Waals surface area (Å²) in [4.78, 5) is 9.06. The first-order valence-electron chi connectivity index (χ1n) is 6.32. The van der Waals surface area contributed by atoms with Gasteiger partial charge < -0.3 is 15.1 Å². The molecule has 0 radical (unpaired) electrons. The molecule has 0 bridgehead atoms. The van der Waals surface area contributed by atoms with Gasteiger partial charge in [-0.1, -0.05) is 0 Å². The van der Waals surface area contributed by atoms with E-state index >= 15 is 0 Å². The van der Waals surface area contributed by atoms with Crippen molar-refractivity contribution >= 4 is 5.95 Å². The van der Waals surface area contributed by atoms with E-state index in [0.29, 0.717) is 19.5 Å². The standard InChI is InChI=1S/C12H16F3N3O2/c13-12(14,15)10-1-3-16-11(17-10)18-4-2-8(5-18)9(6-19)7-20/h1,3,8-9,19-20H,2,4-7H2/t8-/m1/s1. The first-order chi connectivity index (χ1) is 9.45. The van der Waals surface area contributed by atoms with Gasteiger partial charge in [0.25, 0.3) is 0 Å². The van der Waals surface area contributed by atoms with Gasteiger partial charge in [0.05, 0.1) is 0 Å². The zero-order valence-electron chi connectivity index (χ0n) is 10.7. The van der Waals surface area contributed by atoms with Gasteiger partial charge in [0.15, 0.2) is 0 Å². The van der Waals surface area contributed by atoms with Gasteiger partial charge in [-0.25, -0.2) is 9.97 Å². The normalized spacial score (nSPS) is 19.9. The summed E-state index contributed by atoms with van der Waals surface area (Å²) < 4.78 is 37.8. The highest BCUT2D eigenvalue weighted by molar-refractivity contribution is 5.32. The van der Waals surface area contributed by atoms with Crippen LogP contribution in [0.3, 0.4) is 0 Å². The smallest absolute Gasteiger partial charge is 0.396 e. The number of nitrogens with zero attached hydrogens (tertiary/aromatic N) is 3. The van der Waals surface area contributed by atoms with Crippen LogP contribution in [0.1, 0.15) is 12.1 Å². The second-order valence-corrected chi connectivity index (χ2v) is 4.86. The van der Waals surface area contributed by atoms with Crippen molar-refractivity contribution in [1.29, 1.82) is 0 Å². The van der Waals surface area contributed by atoms with Crippen LogP contribution in [0.4, 0.5) is 19.1 Å². The Bertz CT molecular complexity index is 452. The van der Waals surface area contributed by atoms with Crippen LogP contribution < -0.4 is 4.90 Å². The average molecular weight is 291 g/mol. The minimum atomic E-state index is -4.49. The van der Waals surface area contributed by atoms with Gasteiger partial charge in [0.2, 0.25) is 5.95 Å². The number of aliphatic hydroxyl groups is 2. The summed E-state index contributed by atoms with van der Waals surface area (Å²) in [5.74, 6) is -0.189. The molecule has 5 nitrogen and oxygen atoms in total. The molecule has 0 aliphatic carbocycles. The van der Waals surface area contributed by atoms with Gasteiger partial charge >= 0.3 is 6.18 Å². The van der Waals surface area contributed by atoms with E-state index in [1.807, 2.05) is 0 Å². The van der Waals surface area contributed by atoms with Crippen LogP contribution in [0.25, 0.3) is 0 Å². The Morgan fingerprint density at radius 3 is 2.65 bits per heavy atom. The third kappa shape index (κ3) is 3.18. The van der Waals surface area contributed by atoms with Gasteiger partial charge in [-0.3, -0.25) is 0 Å². The van der Waals surface area contributed by atoms with E-state index in [-0.39, 0.29) is 31.0 Å². The fraction of sp³-hybridized carbons (Fsp3) is 0.667. The van der Waals surface area contributed by atoms with Crippen molar-refractivity contribution in [3.63, 3.8) is 0 Å². The molecule has 1 aliphatic rings. The summed E-state index contributed by atoms with van der Waals surface area (Å²) in [5, 5.41) is 18.3. The highest BCUT2D eigenvalue weighted by Gasteiger charge is 2.35. The van der Waals surface area contributed by atoms with Crippen LogP contribution in [-0.2, 0) is 6.18 Å². The molecule has 2 heterocycles. The van der Waals surface area contributed by atoms with Crippen LogP contribution in [0, 0.1) is 11.8 Å². The molecule has 0 unspecified atom stereocenters. The number of halogens is 3. The fourth-order valence-corrected chi connectivity index (χ4v) is 2.37. The maximum absolute atomic E-state index is 12.6. The highest BCUT2D eigenvalue weighted by atomic mass is 19.4. The largest absolute Gasteiger partial charge is 0.433 e. The summed E-state index contributed by atoms with van der Waals surface area (Å²) in [7, 11) is 0. The lowest BCUT2D eigenvalue weighted by molar-refractivity contribution is -0.141. The molecule has 0 saturated carbocycles. The average Bonchev–Trinajstić information content (AvgIpc) is 2.89. The van der Waals surface area contributed by atoms with E-state index in [0.717, 1.165) is 12.3 Å². The van der Waals surface area contributed by atoms with Crippen molar-refractivity contribution in [2.45, 2.75) is 12.6 Å². The van der Waals surface area contributed by atoms with E-state index in [4.69, 9.17) is 10.2 Å². The number of hydrogen-bond donors (Lipinski definition) is 2. The van der Waals surface area contributed by atoms with Crippen molar-refractivity contribution in [2.24, 2.45) is 11.8 Å². The zero-order chi connectivity index (χ0) is 14.8. The van der Waals surface area contributed by atoms with Crippen molar-refractivity contribution in [3.05, 3.63) is 18.0 Å². The minimum Gasteiger partial charge on any atom is -0.396 e. The first kappa shape index (κ1) is 15.0. The Labute approximate surface area is 114 Å². The molecule has 0 aromatic carbocycles. The Morgan fingerprint density at radius 1 is 1.35 bits per heavy atom. The molecule has 112 valence electrons. The summed E-state index contributed by atoms with van der Waals surface area (Å²) in [5.41, 5.74) is -0.966. The van der Waals surface area contributed by atoms with E-state index in [2.05, 4.69) is 9.97 Å². The Hall–Kier alpha value is -1.41. The maximum atomic E-state index is 12.6. The van der Waals surface area contributed by atoms with Crippen molar-refractivity contribution < 1.29 is 23.4 Å². The Morgan fingerprint density at radius 2 is 2.05 bits per heavy atom. The summed E-state index contributed by atoms with van der Waals surface area (Å²) in [6, 6.07) is 0.835. The summed E-state index contributed by atoms with van der Waals surface area (Å²) in [6.07, 6.45) is -2.71. The Kier molecular flexibility index (Phi) is 4.44. The minimum absolute atomic E-state index is 0.0307. The molecule has 8 heteroatoms. The van der Waals surface area contributed by atoms with Gasteiger partial charge in [0, 0.05) is 38.4 Å². The molecule has 1 fully saturated rings. The molecule has 1 saturated heterocycles. The van der Waals surface area contributed by atoms with Crippen LogP contribution in [0.2, 0.25) is 0 Å². The number of hydrogen-bond acceptors (Lipinski definition) is 5. The highest BCUT2D eigenvalue weighted by Crippen LogP contribution is 2.30. The van der Waals surface area contributed by atoms with E-state index in [9.17, 15) is 13.2 Å². The van der Waals surface area contributed by atoms with Gasteiger partial charge in [-0.2, -0.15) is 13.2 Å². The molecule has 1 atom stereocenters. The van der Waals surface area contributed by atoms with Gasteiger partial charge in [0.1, 0.15) is 5.69 Å².